The van der Waals surface area contributed by atoms with Crippen LogP contribution in [0.25, 0.3) is 0 Å². The normalized spacial score (nSPS) is 15.9. The molecule has 0 aliphatic carbocycles. The maximum Gasteiger partial charge on any atom is 0.305 e. The van der Waals surface area contributed by atoms with E-state index in [1.165, 1.54) is 25.8 Å². The van der Waals surface area contributed by atoms with Gasteiger partial charge in [-0.05, 0) is 29.7 Å². The van der Waals surface area contributed by atoms with E-state index in [2.05, 4.69) is 9.97 Å². The first-order chi connectivity index (χ1) is 12.5. The summed E-state index contributed by atoms with van der Waals surface area (Å²) >= 11 is 0. The number of hydrogen-bond donors (Lipinski definition) is 1. The van der Waals surface area contributed by atoms with E-state index in [4.69, 9.17) is 9.47 Å². The first-order valence-electron chi connectivity index (χ1n) is 8.07. The van der Waals surface area contributed by atoms with Crippen molar-refractivity contribution < 1.29 is 24.2 Å². The summed E-state index contributed by atoms with van der Waals surface area (Å²) < 4.78 is 10.7. The summed E-state index contributed by atoms with van der Waals surface area (Å²) in [7, 11) is 3.07. The third-order valence-corrected chi connectivity index (χ3v) is 4.44. The molecule has 2 aromatic rings. The molecule has 26 heavy (non-hydrogen) atoms. The van der Waals surface area contributed by atoms with E-state index in [-0.39, 0.29) is 12.3 Å². The van der Waals surface area contributed by atoms with Crippen LogP contribution in [0.4, 0.5) is 0 Å². The van der Waals surface area contributed by atoms with Crippen LogP contribution in [-0.4, -0.2) is 52.6 Å². The standard InChI is InChI=1S/C18H19N3O5/c1-25-15-5-11-3-4-21(18(24)12-8-19-10-20-9-12)14(7-17(22)23)13(11)6-16(15)26-2/h5-6,8-10,14H,3-4,7H2,1-2H3,(H,22,23). The summed E-state index contributed by atoms with van der Waals surface area (Å²) in [5, 5.41) is 9.37. The molecule has 0 saturated heterocycles. The summed E-state index contributed by atoms with van der Waals surface area (Å²) in [4.78, 5) is 33.6. The largest absolute Gasteiger partial charge is 0.493 e. The zero-order valence-corrected chi connectivity index (χ0v) is 14.5. The SMILES string of the molecule is COc1cc2c(cc1OC)C(CC(=O)O)N(C(=O)c1cncnc1)CC2. The molecule has 8 nitrogen and oxygen atoms in total. The lowest BCUT2D eigenvalue weighted by molar-refractivity contribution is -0.138. The minimum absolute atomic E-state index is 0.206. The molecule has 0 saturated carbocycles. The molecule has 3 rings (SSSR count). The predicted octanol–water partition coefficient (Wildman–Crippen LogP) is 1.71. The molecule has 8 heteroatoms. The van der Waals surface area contributed by atoms with Crippen molar-refractivity contribution in [1.29, 1.82) is 0 Å². The minimum atomic E-state index is -0.986. The number of aliphatic carboxylic acids is 1. The molecule has 1 amide bonds. The lowest BCUT2D eigenvalue weighted by atomic mass is 9.89. The highest BCUT2D eigenvalue weighted by molar-refractivity contribution is 5.94. The number of carbonyl (C=O) groups excluding carboxylic acids is 1. The number of benzene rings is 1. The first-order valence-corrected chi connectivity index (χ1v) is 8.07. The molecular formula is C18H19N3O5. The van der Waals surface area contributed by atoms with Crippen molar-refractivity contribution in [2.24, 2.45) is 0 Å². The Bertz CT molecular complexity index is 825. The average molecular weight is 357 g/mol. The van der Waals surface area contributed by atoms with Crippen LogP contribution in [0.1, 0.15) is 33.9 Å². The summed E-state index contributed by atoms with van der Waals surface area (Å²) in [6.07, 6.45) is 4.58. The minimum Gasteiger partial charge on any atom is -0.493 e. The first kappa shape index (κ1) is 17.7. The van der Waals surface area contributed by atoms with Gasteiger partial charge in [-0.1, -0.05) is 0 Å². The van der Waals surface area contributed by atoms with E-state index in [0.717, 1.165) is 11.1 Å². The van der Waals surface area contributed by atoms with E-state index in [9.17, 15) is 14.7 Å². The van der Waals surface area contributed by atoms with E-state index in [1.54, 1.807) is 18.1 Å². The Morgan fingerprint density at radius 2 is 1.85 bits per heavy atom. The number of fused-ring (bicyclic) bond motifs is 1. The van der Waals surface area contributed by atoms with Crippen molar-refractivity contribution in [3.05, 3.63) is 47.5 Å². The number of methoxy groups -OCH3 is 2. The number of carbonyl (C=O) groups is 2. The van der Waals surface area contributed by atoms with Crippen LogP contribution in [0.2, 0.25) is 0 Å². The number of hydrogen-bond acceptors (Lipinski definition) is 6. The Kier molecular flexibility index (Phi) is 5.01. The average Bonchev–Trinajstić information content (AvgIpc) is 2.67. The molecule has 2 heterocycles. The monoisotopic (exact) mass is 357 g/mol. The van der Waals surface area contributed by atoms with Crippen molar-refractivity contribution in [3.63, 3.8) is 0 Å². The van der Waals surface area contributed by atoms with E-state index >= 15 is 0 Å². The van der Waals surface area contributed by atoms with Gasteiger partial charge in [-0.25, -0.2) is 9.97 Å². The van der Waals surface area contributed by atoms with Gasteiger partial charge in [0.2, 0.25) is 0 Å². The van der Waals surface area contributed by atoms with Crippen LogP contribution in [0.15, 0.2) is 30.9 Å². The number of ether oxygens (including phenoxy) is 2. The second kappa shape index (κ2) is 7.38. The Labute approximate surface area is 150 Å². The molecule has 1 N–H and O–H groups in total. The van der Waals surface area contributed by atoms with Crippen LogP contribution in [0, 0.1) is 0 Å². The van der Waals surface area contributed by atoms with Gasteiger partial charge in [0.25, 0.3) is 5.91 Å². The molecule has 1 unspecified atom stereocenters. The Hall–Kier alpha value is -3.16. The maximum absolute atomic E-state index is 12.9. The van der Waals surface area contributed by atoms with Crippen LogP contribution in [-0.2, 0) is 11.2 Å². The maximum atomic E-state index is 12.9. The summed E-state index contributed by atoms with van der Waals surface area (Å²) in [5.74, 6) is -0.201. The fourth-order valence-corrected chi connectivity index (χ4v) is 3.23. The van der Waals surface area contributed by atoms with Crippen LogP contribution in [0.5, 0.6) is 11.5 Å². The van der Waals surface area contributed by atoms with Gasteiger partial charge < -0.3 is 19.5 Å². The summed E-state index contributed by atoms with van der Waals surface area (Å²) in [6.45, 7) is 0.397. The molecule has 1 aliphatic rings. The number of nitrogens with zero attached hydrogens (tertiary/aromatic N) is 3. The van der Waals surface area contributed by atoms with Gasteiger partial charge in [0.1, 0.15) is 6.33 Å². The molecule has 0 radical (unpaired) electrons. The van der Waals surface area contributed by atoms with E-state index in [0.29, 0.717) is 30.0 Å². The smallest absolute Gasteiger partial charge is 0.305 e. The molecular weight excluding hydrogens is 338 g/mol. The van der Waals surface area contributed by atoms with Crippen molar-refractivity contribution >= 4 is 11.9 Å². The zero-order chi connectivity index (χ0) is 18.7. The zero-order valence-electron chi connectivity index (χ0n) is 14.5. The van der Waals surface area contributed by atoms with Crippen molar-refractivity contribution in [2.75, 3.05) is 20.8 Å². The third-order valence-electron chi connectivity index (χ3n) is 4.44. The quantitative estimate of drug-likeness (QED) is 0.869. The summed E-state index contributed by atoms with van der Waals surface area (Å²) in [5.41, 5.74) is 2.02. The van der Waals surface area contributed by atoms with Gasteiger partial charge in [0.05, 0.1) is 32.2 Å². The van der Waals surface area contributed by atoms with Crippen LogP contribution >= 0.6 is 0 Å². The molecule has 1 aromatic heterocycles. The second-order valence-electron chi connectivity index (χ2n) is 5.90. The Morgan fingerprint density at radius 1 is 1.19 bits per heavy atom. The molecule has 1 aliphatic heterocycles. The van der Waals surface area contributed by atoms with Gasteiger partial charge in [-0.15, -0.1) is 0 Å². The van der Waals surface area contributed by atoms with Crippen LogP contribution < -0.4 is 9.47 Å². The highest BCUT2D eigenvalue weighted by Gasteiger charge is 2.34. The number of carboxylic acid groups (broad SMARTS) is 1. The van der Waals surface area contributed by atoms with Crippen molar-refractivity contribution in [2.45, 2.75) is 18.9 Å². The fourth-order valence-electron chi connectivity index (χ4n) is 3.23. The highest BCUT2D eigenvalue weighted by Crippen LogP contribution is 2.39. The van der Waals surface area contributed by atoms with Crippen molar-refractivity contribution in [3.8, 4) is 11.5 Å². The topological polar surface area (TPSA) is 102 Å². The lowest BCUT2D eigenvalue weighted by Gasteiger charge is -2.37. The third kappa shape index (κ3) is 3.30. The van der Waals surface area contributed by atoms with Gasteiger partial charge in [-0.3, -0.25) is 9.59 Å². The molecule has 136 valence electrons. The van der Waals surface area contributed by atoms with Gasteiger partial charge >= 0.3 is 5.97 Å². The number of aromatic nitrogens is 2. The van der Waals surface area contributed by atoms with Crippen molar-refractivity contribution in [1.82, 2.24) is 14.9 Å². The lowest BCUT2D eigenvalue weighted by Crippen LogP contribution is -2.41. The second-order valence-corrected chi connectivity index (χ2v) is 5.90. The van der Waals surface area contributed by atoms with Gasteiger partial charge in [0.15, 0.2) is 11.5 Å². The van der Waals surface area contributed by atoms with Crippen LogP contribution in [0.3, 0.4) is 0 Å². The number of rotatable bonds is 5. The molecule has 1 atom stereocenters. The number of amides is 1. The fraction of sp³-hybridized carbons (Fsp3) is 0.333. The van der Waals surface area contributed by atoms with E-state index < -0.39 is 12.0 Å². The molecule has 1 aromatic carbocycles. The van der Waals surface area contributed by atoms with Gasteiger partial charge in [0, 0.05) is 18.9 Å². The molecule has 0 bridgehead atoms. The Morgan fingerprint density at radius 3 is 2.46 bits per heavy atom. The predicted molar refractivity (Wildman–Crippen MR) is 91.3 cm³/mol. The highest BCUT2D eigenvalue weighted by atomic mass is 16.5. The van der Waals surface area contributed by atoms with E-state index in [1.807, 2.05) is 6.07 Å². The molecule has 0 spiro atoms. The summed E-state index contributed by atoms with van der Waals surface area (Å²) in [6, 6.07) is 2.99. The Balaban J connectivity index is 2.04. The van der Waals surface area contributed by atoms with Gasteiger partial charge in [-0.2, -0.15) is 0 Å². The number of carboxylic acids is 1. The molecule has 0 fully saturated rings.